The Morgan fingerprint density at radius 2 is 1.89 bits per heavy atom. The predicted molar refractivity (Wildman–Crippen MR) is 30.1 cm³/mol. The highest BCUT2D eigenvalue weighted by Gasteiger charge is 2.02. The van der Waals surface area contributed by atoms with Crippen LogP contribution in [0.25, 0.3) is 0 Å². The topological polar surface area (TPSA) is 101 Å². The molecule has 0 fully saturated rings. The number of nitrogens with two attached hydrogens (primary N) is 2. The highest BCUT2D eigenvalue weighted by Crippen LogP contribution is 1.70. The first-order valence-electron chi connectivity index (χ1n) is 2.13. The summed E-state index contributed by atoms with van der Waals surface area (Å²) < 4.78 is 0. The first kappa shape index (κ1) is 7.54. The molecule has 52 valence electrons. The SMILES string of the molecule is CN(NC(N)=O)C(N)=O. The van der Waals surface area contributed by atoms with Gasteiger partial charge in [0, 0.05) is 7.05 Å². The van der Waals surface area contributed by atoms with Crippen LogP contribution < -0.4 is 16.9 Å². The molecule has 0 bridgehead atoms. The molecule has 0 spiro atoms. The van der Waals surface area contributed by atoms with E-state index < -0.39 is 12.1 Å². The molecule has 0 saturated carbocycles. The molecule has 5 N–H and O–H groups in total. The molecule has 0 aromatic carbocycles. The van der Waals surface area contributed by atoms with Crippen LogP contribution in [-0.4, -0.2) is 24.1 Å². The molecule has 0 heterocycles. The molecule has 0 aliphatic heterocycles. The van der Waals surface area contributed by atoms with Gasteiger partial charge in [-0.25, -0.2) is 20.0 Å². The van der Waals surface area contributed by atoms with Crippen molar-refractivity contribution in [3.05, 3.63) is 0 Å². The highest BCUT2D eigenvalue weighted by molar-refractivity contribution is 5.77. The molecule has 0 aliphatic rings. The minimum atomic E-state index is -0.823. The molecule has 6 heteroatoms. The van der Waals surface area contributed by atoms with Crippen LogP contribution in [-0.2, 0) is 0 Å². The molecule has 4 amide bonds. The van der Waals surface area contributed by atoms with Crippen molar-refractivity contribution in [2.75, 3.05) is 7.05 Å². The third kappa shape index (κ3) is 3.15. The van der Waals surface area contributed by atoms with Crippen molar-refractivity contribution < 1.29 is 9.59 Å². The van der Waals surface area contributed by atoms with E-state index in [0.717, 1.165) is 5.01 Å². The highest BCUT2D eigenvalue weighted by atomic mass is 16.2. The van der Waals surface area contributed by atoms with Crippen molar-refractivity contribution in [3.8, 4) is 0 Å². The van der Waals surface area contributed by atoms with Crippen LogP contribution in [0.4, 0.5) is 9.59 Å². The molecule has 6 nitrogen and oxygen atoms in total. The van der Waals surface area contributed by atoms with E-state index in [9.17, 15) is 9.59 Å². The molecule has 0 saturated heterocycles. The predicted octanol–water partition coefficient (Wildman–Crippen LogP) is -1.42. The largest absolute Gasteiger partial charge is 0.350 e. The number of urea groups is 2. The Morgan fingerprint density at radius 3 is 2.00 bits per heavy atom. The second-order valence-electron chi connectivity index (χ2n) is 1.37. The lowest BCUT2D eigenvalue weighted by Gasteiger charge is -2.12. The van der Waals surface area contributed by atoms with Gasteiger partial charge in [0.15, 0.2) is 0 Å². The number of primary amides is 2. The number of nitrogens with one attached hydrogen (secondary N) is 1. The van der Waals surface area contributed by atoms with E-state index in [1.807, 2.05) is 5.43 Å². The second kappa shape index (κ2) is 2.75. The quantitative estimate of drug-likeness (QED) is 0.352. The number of hydrogen-bond donors (Lipinski definition) is 3. The van der Waals surface area contributed by atoms with E-state index in [1.165, 1.54) is 7.05 Å². The summed E-state index contributed by atoms with van der Waals surface area (Å²) in [7, 11) is 1.28. The third-order valence-electron chi connectivity index (χ3n) is 0.608. The fourth-order valence-electron chi connectivity index (χ4n) is 0.220. The molecule has 0 unspecified atom stereocenters. The fourth-order valence-corrected chi connectivity index (χ4v) is 0.220. The zero-order valence-corrected chi connectivity index (χ0v) is 4.92. The van der Waals surface area contributed by atoms with E-state index in [1.54, 1.807) is 0 Å². The van der Waals surface area contributed by atoms with Crippen molar-refractivity contribution in [1.29, 1.82) is 0 Å². The number of nitrogens with zero attached hydrogens (tertiary/aromatic N) is 1. The smallest absolute Gasteiger partial charge is 0.333 e. The molecule has 0 rings (SSSR count). The van der Waals surface area contributed by atoms with Gasteiger partial charge in [0.2, 0.25) is 0 Å². The van der Waals surface area contributed by atoms with E-state index in [0.29, 0.717) is 0 Å². The van der Waals surface area contributed by atoms with Crippen molar-refractivity contribution in [3.63, 3.8) is 0 Å². The van der Waals surface area contributed by atoms with E-state index in [4.69, 9.17) is 5.73 Å². The number of carbonyl (C=O) groups excluding carboxylic acids is 2. The number of amides is 4. The Kier molecular flexibility index (Phi) is 2.31. The number of rotatable bonds is 0. The maximum atomic E-state index is 10.1. The van der Waals surface area contributed by atoms with Crippen LogP contribution in [0.1, 0.15) is 0 Å². The number of hydrazine groups is 1. The molecular weight excluding hydrogens is 124 g/mol. The zero-order chi connectivity index (χ0) is 7.44. The number of carbonyl (C=O) groups is 2. The van der Waals surface area contributed by atoms with Crippen molar-refractivity contribution >= 4 is 12.1 Å². The van der Waals surface area contributed by atoms with Gasteiger partial charge in [-0.1, -0.05) is 0 Å². The standard InChI is InChI=1S/C3H8N4O2/c1-7(3(5)9)6-2(4)8/h1H3,(H2,5,9)(H3,4,6,8). The molecule has 9 heavy (non-hydrogen) atoms. The first-order chi connectivity index (χ1) is 4.04. The van der Waals surface area contributed by atoms with Gasteiger partial charge in [0.1, 0.15) is 0 Å². The summed E-state index contributed by atoms with van der Waals surface area (Å²) in [6.07, 6.45) is 0. The van der Waals surface area contributed by atoms with Gasteiger partial charge in [-0.15, -0.1) is 0 Å². The Hall–Kier alpha value is -1.46. The lowest BCUT2D eigenvalue weighted by atomic mass is 10.9. The van der Waals surface area contributed by atoms with Gasteiger partial charge in [0.25, 0.3) is 0 Å². The van der Waals surface area contributed by atoms with Crippen LogP contribution >= 0.6 is 0 Å². The van der Waals surface area contributed by atoms with Gasteiger partial charge in [-0.05, 0) is 0 Å². The first-order valence-corrected chi connectivity index (χ1v) is 2.13. The Labute approximate surface area is 51.8 Å². The van der Waals surface area contributed by atoms with Crippen LogP contribution in [0.3, 0.4) is 0 Å². The van der Waals surface area contributed by atoms with Crippen molar-refractivity contribution in [2.45, 2.75) is 0 Å². The molecule has 0 aliphatic carbocycles. The minimum absolute atomic E-state index is 0.770. The monoisotopic (exact) mass is 132 g/mol. The van der Waals surface area contributed by atoms with Gasteiger partial charge in [-0.3, -0.25) is 0 Å². The Morgan fingerprint density at radius 1 is 1.44 bits per heavy atom. The molecule has 0 aromatic heterocycles. The van der Waals surface area contributed by atoms with Crippen LogP contribution in [0.5, 0.6) is 0 Å². The Bertz CT molecular complexity index is 134. The van der Waals surface area contributed by atoms with Crippen LogP contribution in [0, 0.1) is 0 Å². The number of hydrogen-bond acceptors (Lipinski definition) is 2. The van der Waals surface area contributed by atoms with E-state index in [2.05, 4.69) is 5.73 Å². The van der Waals surface area contributed by atoms with Crippen LogP contribution in [0.2, 0.25) is 0 Å². The average Bonchev–Trinajstić information content (AvgIpc) is 1.63. The molecule has 0 aromatic rings. The maximum absolute atomic E-state index is 10.1. The normalized spacial score (nSPS) is 8.11. The maximum Gasteiger partial charge on any atom is 0.333 e. The summed E-state index contributed by atoms with van der Waals surface area (Å²) in [5.41, 5.74) is 11.3. The van der Waals surface area contributed by atoms with Crippen molar-refractivity contribution in [1.82, 2.24) is 10.4 Å². The van der Waals surface area contributed by atoms with Gasteiger partial charge in [0.05, 0.1) is 0 Å². The van der Waals surface area contributed by atoms with Crippen LogP contribution in [0.15, 0.2) is 0 Å². The third-order valence-corrected chi connectivity index (χ3v) is 0.608. The summed E-state index contributed by atoms with van der Waals surface area (Å²) in [6, 6.07) is -1.59. The van der Waals surface area contributed by atoms with Gasteiger partial charge >= 0.3 is 12.1 Å². The minimum Gasteiger partial charge on any atom is -0.350 e. The fraction of sp³-hybridized carbons (Fsp3) is 0.333. The van der Waals surface area contributed by atoms with E-state index in [-0.39, 0.29) is 0 Å². The second-order valence-corrected chi connectivity index (χ2v) is 1.37. The Balaban J connectivity index is 3.63. The summed E-state index contributed by atoms with van der Waals surface area (Å²) >= 11 is 0. The van der Waals surface area contributed by atoms with Crippen molar-refractivity contribution in [2.24, 2.45) is 11.5 Å². The molecule has 0 atom stereocenters. The molecular formula is C3H8N4O2. The summed E-state index contributed by atoms with van der Waals surface area (Å²) in [5.74, 6) is 0. The average molecular weight is 132 g/mol. The summed E-state index contributed by atoms with van der Waals surface area (Å²) in [6.45, 7) is 0. The van der Waals surface area contributed by atoms with Gasteiger partial charge in [-0.2, -0.15) is 0 Å². The summed E-state index contributed by atoms with van der Waals surface area (Å²) in [4.78, 5) is 20.1. The van der Waals surface area contributed by atoms with E-state index >= 15 is 0 Å². The lowest BCUT2D eigenvalue weighted by Crippen LogP contribution is -2.48. The molecule has 0 radical (unpaired) electrons. The lowest BCUT2D eigenvalue weighted by molar-refractivity contribution is 0.192. The summed E-state index contributed by atoms with van der Waals surface area (Å²) in [5, 5.41) is 0.780. The zero-order valence-electron chi connectivity index (χ0n) is 4.92. The van der Waals surface area contributed by atoms with Gasteiger partial charge < -0.3 is 11.5 Å².